The molecule has 1 unspecified atom stereocenters. The van der Waals surface area contributed by atoms with Gasteiger partial charge in [0.2, 0.25) is 21.8 Å². The van der Waals surface area contributed by atoms with Gasteiger partial charge in [0, 0.05) is 38.5 Å². The second-order valence-corrected chi connectivity index (χ2v) is 9.29. The quantitative estimate of drug-likeness (QED) is 0.804. The second-order valence-electron chi connectivity index (χ2n) is 6.97. The summed E-state index contributed by atoms with van der Waals surface area (Å²) in [6, 6.07) is 6.54. The molecule has 0 N–H and O–H groups in total. The minimum atomic E-state index is -3.60. The smallest absolute Gasteiger partial charge is 0.244 e. The van der Waals surface area contributed by atoms with Crippen molar-refractivity contribution in [3.05, 3.63) is 41.1 Å². The van der Waals surface area contributed by atoms with Gasteiger partial charge >= 0.3 is 0 Å². The Morgan fingerprint density at radius 3 is 2.60 bits per heavy atom. The molecule has 2 saturated heterocycles. The Kier molecular flexibility index (Phi) is 3.91. The van der Waals surface area contributed by atoms with Gasteiger partial charge < -0.3 is 9.32 Å². The van der Waals surface area contributed by atoms with Gasteiger partial charge in [-0.25, -0.2) is 8.42 Å². The number of rotatable bonds is 3. The Morgan fingerprint density at radius 1 is 1.24 bits per heavy atom. The number of aryl methyl sites for hydroxylation is 1. The first kappa shape index (κ1) is 17.0. The molecule has 1 spiro atoms. The molecule has 0 bridgehead atoms. The first-order chi connectivity index (χ1) is 11.8. The van der Waals surface area contributed by atoms with Gasteiger partial charge in [-0.05, 0) is 19.2 Å². The van der Waals surface area contributed by atoms with Crippen molar-refractivity contribution in [3.8, 4) is 0 Å². The fourth-order valence-electron chi connectivity index (χ4n) is 3.95. The predicted octanol–water partition coefficient (Wildman–Crippen LogP) is 1.75. The van der Waals surface area contributed by atoms with Gasteiger partial charge in [0.1, 0.15) is 4.90 Å². The molecule has 1 atom stereocenters. The molecule has 134 valence electrons. The van der Waals surface area contributed by atoms with Crippen LogP contribution in [0.15, 0.2) is 33.6 Å². The summed E-state index contributed by atoms with van der Waals surface area (Å²) in [5, 5.41) is 8.34. The molecule has 9 heteroatoms. The lowest BCUT2D eigenvalue weighted by atomic mass is 9.73. The highest BCUT2D eigenvalue weighted by molar-refractivity contribution is 7.89. The lowest BCUT2D eigenvalue weighted by molar-refractivity contribution is 0.0581. The van der Waals surface area contributed by atoms with Crippen LogP contribution in [-0.2, 0) is 10.0 Å². The number of benzene rings is 1. The number of likely N-dealkylation sites (tertiary alicyclic amines) is 1. The fourth-order valence-corrected chi connectivity index (χ4v) is 6.08. The molecule has 0 saturated carbocycles. The van der Waals surface area contributed by atoms with Crippen LogP contribution in [0.5, 0.6) is 0 Å². The van der Waals surface area contributed by atoms with Crippen LogP contribution in [0.1, 0.15) is 17.7 Å². The maximum absolute atomic E-state index is 12.9. The summed E-state index contributed by atoms with van der Waals surface area (Å²) in [6.45, 7) is 4.19. The zero-order chi connectivity index (χ0) is 17.8. The molecular weight excluding hydrogens is 364 g/mol. The van der Waals surface area contributed by atoms with Crippen molar-refractivity contribution in [3.63, 3.8) is 0 Å². The molecule has 0 aliphatic carbocycles. The molecule has 25 heavy (non-hydrogen) atoms. The minimum Gasteiger partial charge on any atom is -0.425 e. The van der Waals surface area contributed by atoms with Crippen molar-refractivity contribution in [1.82, 2.24) is 19.4 Å². The number of likely N-dealkylation sites (N-methyl/N-ethyl adjacent to an activating group) is 1. The number of sulfonamides is 1. The van der Waals surface area contributed by atoms with Crippen molar-refractivity contribution >= 4 is 21.6 Å². The number of hydrogen-bond donors (Lipinski definition) is 0. The molecule has 2 fully saturated rings. The molecule has 2 aromatic rings. The number of hydrogen-bond acceptors (Lipinski definition) is 6. The van der Waals surface area contributed by atoms with E-state index in [2.05, 4.69) is 15.1 Å². The van der Waals surface area contributed by atoms with Gasteiger partial charge in [0.15, 0.2) is 0 Å². The van der Waals surface area contributed by atoms with Gasteiger partial charge in [-0.2, -0.15) is 4.31 Å². The van der Waals surface area contributed by atoms with E-state index in [1.165, 1.54) is 4.31 Å². The Balaban J connectivity index is 1.60. The Labute approximate surface area is 151 Å². The Bertz CT molecular complexity index is 908. The Morgan fingerprint density at radius 2 is 1.96 bits per heavy atom. The molecule has 4 rings (SSSR count). The van der Waals surface area contributed by atoms with Crippen LogP contribution in [0.2, 0.25) is 5.02 Å². The molecule has 0 amide bonds. The Hall–Kier alpha value is -1.48. The summed E-state index contributed by atoms with van der Waals surface area (Å²) in [6.07, 6.45) is 0. The van der Waals surface area contributed by atoms with E-state index in [1.54, 1.807) is 31.2 Å². The third-order valence-electron chi connectivity index (χ3n) is 5.09. The van der Waals surface area contributed by atoms with E-state index >= 15 is 0 Å². The van der Waals surface area contributed by atoms with Crippen LogP contribution in [0.4, 0.5) is 0 Å². The standard InChI is InChI=1S/C16H19ClN4O3S/c1-11-18-19-15(24-11)12-7-20(2)8-16(12)9-21(10-16)25(22,23)14-6-4-3-5-13(14)17/h3-6,12H,7-10H2,1-2H3. The van der Waals surface area contributed by atoms with E-state index in [4.69, 9.17) is 16.0 Å². The summed E-state index contributed by atoms with van der Waals surface area (Å²) in [7, 11) is -1.57. The van der Waals surface area contributed by atoms with Gasteiger partial charge in [-0.15, -0.1) is 10.2 Å². The zero-order valence-electron chi connectivity index (χ0n) is 14.0. The molecule has 2 aliphatic rings. The van der Waals surface area contributed by atoms with Crippen LogP contribution in [0.3, 0.4) is 0 Å². The highest BCUT2D eigenvalue weighted by Crippen LogP contribution is 2.50. The average molecular weight is 383 g/mol. The third-order valence-corrected chi connectivity index (χ3v) is 7.39. The van der Waals surface area contributed by atoms with Crippen LogP contribution < -0.4 is 0 Å². The van der Waals surface area contributed by atoms with Gasteiger partial charge in [0.05, 0.1) is 10.9 Å². The number of aromatic nitrogens is 2. The third kappa shape index (κ3) is 2.68. The van der Waals surface area contributed by atoms with Gasteiger partial charge in [-0.1, -0.05) is 23.7 Å². The van der Waals surface area contributed by atoms with Crippen molar-refractivity contribution in [2.24, 2.45) is 5.41 Å². The van der Waals surface area contributed by atoms with Crippen molar-refractivity contribution < 1.29 is 12.8 Å². The molecule has 1 aromatic heterocycles. The molecular formula is C16H19ClN4O3S. The maximum Gasteiger partial charge on any atom is 0.244 e. The summed E-state index contributed by atoms with van der Waals surface area (Å²) in [5.74, 6) is 1.16. The van der Waals surface area contributed by atoms with Crippen LogP contribution in [0, 0.1) is 12.3 Å². The summed E-state index contributed by atoms with van der Waals surface area (Å²) in [5.41, 5.74) is -0.192. The predicted molar refractivity (Wildman–Crippen MR) is 91.9 cm³/mol. The number of halogens is 1. The minimum absolute atomic E-state index is 0.0383. The first-order valence-electron chi connectivity index (χ1n) is 8.05. The maximum atomic E-state index is 12.9. The summed E-state index contributed by atoms with van der Waals surface area (Å²) < 4.78 is 32.9. The summed E-state index contributed by atoms with van der Waals surface area (Å²) >= 11 is 6.09. The molecule has 7 nitrogen and oxygen atoms in total. The molecule has 3 heterocycles. The van der Waals surface area contributed by atoms with E-state index in [0.29, 0.717) is 24.9 Å². The van der Waals surface area contributed by atoms with Gasteiger partial charge in [-0.3, -0.25) is 0 Å². The van der Waals surface area contributed by atoms with Crippen molar-refractivity contribution in [2.75, 3.05) is 33.2 Å². The fraction of sp³-hybridized carbons (Fsp3) is 0.500. The SMILES string of the molecule is Cc1nnc(C2CN(C)CC23CN(S(=O)(=O)c2ccccc2Cl)C3)o1. The topological polar surface area (TPSA) is 79.5 Å². The van der Waals surface area contributed by atoms with E-state index in [0.717, 1.165) is 13.1 Å². The van der Waals surface area contributed by atoms with E-state index in [-0.39, 0.29) is 21.3 Å². The van der Waals surface area contributed by atoms with Crippen LogP contribution in [-0.4, -0.2) is 61.0 Å². The highest BCUT2D eigenvalue weighted by atomic mass is 35.5. The van der Waals surface area contributed by atoms with Gasteiger partial charge in [0.25, 0.3) is 0 Å². The monoisotopic (exact) mass is 382 g/mol. The summed E-state index contributed by atoms with van der Waals surface area (Å²) in [4.78, 5) is 2.34. The normalized spacial score (nSPS) is 23.9. The molecule has 1 aromatic carbocycles. The molecule has 2 aliphatic heterocycles. The van der Waals surface area contributed by atoms with Crippen molar-refractivity contribution in [1.29, 1.82) is 0 Å². The number of nitrogens with zero attached hydrogens (tertiary/aromatic N) is 4. The second kappa shape index (κ2) is 5.77. The van der Waals surface area contributed by atoms with Crippen LogP contribution >= 0.6 is 11.6 Å². The van der Waals surface area contributed by atoms with Crippen LogP contribution in [0.25, 0.3) is 0 Å². The highest BCUT2D eigenvalue weighted by Gasteiger charge is 2.58. The zero-order valence-corrected chi connectivity index (χ0v) is 15.6. The lowest BCUT2D eigenvalue weighted by Gasteiger charge is -2.49. The largest absolute Gasteiger partial charge is 0.425 e. The van der Waals surface area contributed by atoms with E-state index in [1.807, 2.05) is 7.05 Å². The molecule has 0 radical (unpaired) electrons. The lowest BCUT2D eigenvalue weighted by Crippen LogP contribution is -2.61. The van der Waals surface area contributed by atoms with E-state index in [9.17, 15) is 8.42 Å². The van der Waals surface area contributed by atoms with Crippen molar-refractivity contribution in [2.45, 2.75) is 17.7 Å². The average Bonchev–Trinajstić information content (AvgIpc) is 3.09. The first-order valence-corrected chi connectivity index (χ1v) is 9.87. The van der Waals surface area contributed by atoms with E-state index < -0.39 is 10.0 Å².